The van der Waals surface area contributed by atoms with Gasteiger partial charge in [0.2, 0.25) is 12.7 Å². The van der Waals surface area contributed by atoms with Crippen LogP contribution in [-0.4, -0.2) is 24.5 Å². The van der Waals surface area contributed by atoms with Gasteiger partial charge >= 0.3 is 0 Å². The van der Waals surface area contributed by atoms with Gasteiger partial charge in [0, 0.05) is 10.2 Å². The molecule has 0 atom stereocenters. The third-order valence-corrected chi connectivity index (χ3v) is 2.91. The molecule has 0 spiro atoms. The fraction of sp³-hybridized carbons (Fsp3) is 0.308. The molecule has 0 N–H and O–H groups in total. The van der Waals surface area contributed by atoms with Gasteiger partial charge in [-0.05, 0) is 12.1 Å². The number of aromatic nitrogens is 7. The minimum Gasteiger partial charge on any atom is -0.251 e. The maximum atomic E-state index is 4.64. The third kappa shape index (κ3) is 2.87. The molecule has 0 aliphatic carbocycles. The van der Waals surface area contributed by atoms with Gasteiger partial charge in [0.25, 0.3) is 12.7 Å². The average molecular weight is 271 g/mol. The summed E-state index contributed by atoms with van der Waals surface area (Å²) in [4.78, 5) is 4.64. The Morgan fingerprint density at radius 2 is 1.40 bits per heavy atom. The third-order valence-electron chi connectivity index (χ3n) is 2.91. The first-order chi connectivity index (χ1) is 9.69. The monoisotopic (exact) mass is 271 g/mol. The molecule has 3 aromatic heterocycles. The highest BCUT2D eigenvalue weighted by molar-refractivity contribution is 5.11. The van der Waals surface area contributed by atoms with Crippen LogP contribution in [0.3, 0.4) is 0 Å². The van der Waals surface area contributed by atoms with Crippen molar-refractivity contribution in [2.45, 2.75) is 13.1 Å². The Bertz CT molecular complexity index is 655. The van der Waals surface area contributed by atoms with Gasteiger partial charge in [-0.2, -0.15) is 0 Å². The highest BCUT2D eigenvalue weighted by atomic mass is 15.4. The van der Waals surface area contributed by atoms with Crippen LogP contribution in [0.1, 0.15) is 11.4 Å². The lowest BCUT2D eigenvalue weighted by atomic mass is 10.3. The van der Waals surface area contributed by atoms with Crippen LogP contribution in [-0.2, 0) is 27.2 Å². The quantitative estimate of drug-likeness (QED) is 0.585. The summed E-state index contributed by atoms with van der Waals surface area (Å²) in [5.74, 6) is 0. The molecule has 0 saturated carbocycles. The lowest BCUT2D eigenvalue weighted by molar-refractivity contribution is -0.672. The van der Waals surface area contributed by atoms with Gasteiger partial charge in [-0.1, -0.05) is 6.07 Å². The topological polar surface area (TPSA) is 56.3 Å². The predicted molar refractivity (Wildman–Crippen MR) is 69.2 cm³/mol. The van der Waals surface area contributed by atoms with Gasteiger partial charge in [-0.25, -0.2) is 9.13 Å². The van der Waals surface area contributed by atoms with Crippen molar-refractivity contribution in [3.8, 4) is 0 Å². The van der Waals surface area contributed by atoms with Crippen LogP contribution >= 0.6 is 0 Å². The first-order valence-electron chi connectivity index (χ1n) is 6.39. The summed E-state index contributed by atoms with van der Waals surface area (Å²) in [6, 6.07) is 6.03. The molecule has 0 radical (unpaired) electrons. The molecule has 0 aliphatic heterocycles. The fourth-order valence-corrected chi connectivity index (χ4v) is 2.04. The second-order valence-electron chi connectivity index (χ2n) is 4.84. The average Bonchev–Trinajstić information content (AvgIpc) is 2.99. The van der Waals surface area contributed by atoms with E-state index >= 15 is 0 Å². The molecule has 3 heterocycles. The van der Waals surface area contributed by atoms with Crippen molar-refractivity contribution in [1.82, 2.24) is 24.5 Å². The molecule has 0 amide bonds. The number of rotatable bonds is 4. The van der Waals surface area contributed by atoms with E-state index in [2.05, 4.69) is 15.2 Å². The van der Waals surface area contributed by atoms with Gasteiger partial charge in [0.15, 0.2) is 0 Å². The minimum absolute atomic E-state index is 0.668. The summed E-state index contributed by atoms with van der Waals surface area (Å²) in [7, 11) is 3.90. The van der Waals surface area contributed by atoms with Crippen LogP contribution in [0.4, 0.5) is 0 Å². The molecule has 3 aromatic rings. The molecular formula is C13H17N7+2. The highest BCUT2D eigenvalue weighted by Crippen LogP contribution is 2.02. The molecular weight excluding hydrogens is 254 g/mol. The van der Waals surface area contributed by atoms with Gasteiger partial charge in [-0.15, -0.1) is 9.36 Å². The summed E-state index contributed by atoms with van der Waals surface area (Å²) < 4.78 is 7.54. The molecule has 3 rings (SSSR count). The summed E-state index contributed by atoms with van der Waals surface area (Å²) in [5, 5.41) is 8.49. The van der Waals surface area contributed by atoms with Gasteiger partial charge in [-0.3, -0.25) is 4.98 Å². The van der Waals surface area contributed by atoms with E-state index in [0.29, 0.717) is 13.1 Å². The molecule has 0 unspecified atom stereocenters. The van der Waals surface area contributed by atoms with E-state index in [4.69, 9.17) is 0 Å². The Kier molecular flexibility index (Phi) is 3.24. The smallest absolute Gasteiger partial charge is 0.251 e. The van der Waals surface area contributed by atoms with Crippen molar-refractivity contribution in [2.24, 2.45) is 14.1 Å². The predicted octanol–water partition coefficient (Wildman–Crippen LogP) is -0.780. The van der Waals surface area contributed by atoms with E-state index in [1.165, 1.54) is 0 Å². The number of hydrogen-bond donors (Lipinski definition) is 0. The summed E-state index contributed by atoms with van der Waals surface area (Å²) in [6.45, 7) is 1.34. The van der Waals surface area contributed by atoms with Crippen LogP contribution < -0.4 is 9.13 Å². The van der Waals surface area contributed by atoms with E-state index in [0.717, 1.165) is 11.4 Å². The fourth-order valence-electron chi connectivity index (χ4n) is 2.04. The summed E-state index contributed by atoms with van der Waals surface area (Å²) >= 11 is 0. The van der Waals surface area contributed by atoms with Crippen LogP contribution in [0, 0.1) is 0 Å². The zero-order valence-electron chi connectivity index (χ0n) is 11.6. The Morgan fingerprint density at radius 1 is 0.900 bits per heavy atom. The van der Waals surface area contributed by atoms with E-state index < -0.39 is 0 Å². The normalized spacial score (nSPS) is 10.9. The summed E-state index contributed by atoms with van der Waals surface area (Å²) in [6.07, 6.45) is 7.41. The standard InChI is InChI=1S/C13H17N7/c1-17-8-14-19(10-17)6-12-4-3-5-13(16-12)7-20-11-18(2)9-15-20/h3-5,8-11H,6-7H2,1-2H3/q+2. The van der Waals surface area contributed by atoms with Gasteiger partial charge in [0.05, 0.1) is 25.5 Å². The Morgan fingerprint density at radius 3 is 1.80 bits per heavy atom. The summed E-state index contributed by atoms with van der Waals surface area (Å²) in [5.41, 5.74) is 1.98. The second kappa shape index (κ2) is 5.20. The van der Waals surface area contributed by atoms with E-state index in [-0.39, 0.29) is 0 Å². The van der Waals surface area contributed by atoms with E-state index in [1.807, 2.05) is 63.4 Å². The van der Waals surface area contributed by atoms with Gasteiger partial charge in [0.1, 0.15) is 13.1 Å². The van der Waals surface area contributed by atoms with Crippen molar-refractivity contribution < 1.29 is 9.13 Å². The molecule has 0 saturated heterocycles. The van der Waals surface area contributed by atoms with Gasteiger partial charge < -0.3 is 0 Å². The van der Waals surface area contributed by atoms with Crippen molar-refractivity contribution in [3.05, 3.63) is 54.9 Å². The van der Waals surface area contributed by atoms with Crippen LogP contribution in [0.15, 0.2) is 43.5 Å². The minimum atomic E-state index is 0.668. The maximum absolute atomic E-state index is 4.64. The molecule has 0 aromatic carbocycles. The molecule has 7 nitrogen and oxygen atoms in total. The first kappa shape index (κ1) is 12.5. The number of nitrogens with zero attached hydrogens (tertiary/aromatic N) is 7. The lowest BCUT2D eigenvalue weighted by Crippen LogP contribution is -2.24. The molecule has 102 valence electrons. The highest BCUT2D eigenvalue weighted by Gasteiger charge is 2.08. The molecule has 0 bridgehead atoms. The molecule has 20 heavy (non-hydrogen) atoms. The van der Waals surface area contributed by atoms with E-state index in [1.54, 1.807) is 12.7 Å². The Labute approximate surface area is 116 Å². The molecule has 7 heteroatoms. The first-order valence-corrected chi connectivity index (χ1v) is 6.39. The lowest BCUT2D eigenvalue weighted by Gasteiger charge is -1.99. The number of hydrogen-bond acceptors (Lipinski definition) is 3. The number of pyridine rings is 1. The largest absolute Gasteiger partial charge is 0.264 e. The van der Waals surface area contributed by atoms with Crippen molar-refractivity contribution in [3.63, 3.8) is 0 Å². The van der Waals surface area contributed by atoms with Crippen molar-refractivity contribution >= 4 is 0 Å². The van der Waals surface area contributed by atoms with Crippen LogP contribution in [0.5, 0.6) is 0 Å². The van der Waals surface area contributed by atoms with Crippen molar-refractivity contribution in [2.75, 3.05) is 0 Å². The number of aryl methyl sites for hydroxylation is 2. The maximum Gasteiger partial charge on any atom is 0.264 e. The Hall–Kier alpha value is -2.57. The Balaban J connectivity index is 1.75. The van der Waals surface area contributed by atoms with Crippen molar-refractivity contribution in [1.29, 1.82) is 0 Å². The zero-order chi connectivity index (χ0) is 13.9. The zero-order valence-corrected chi connectivity index (χ0v) is 11.6. The second-order valence-corrected chi connectivity index (χ2v) is 4.84. The van der Waals surface area contributed by atoms with Crippen LogP contribution in [0.25, 0.3) is 0 Å². The molecule has 0 aliphatic rings. The van der Waals surface area contributed by atoms with Crippen LogP contribution in [0.2, 0.25) is 0 Å². The SMILES string of the molecule is C[n+]1cnn(Cc2cccc(Cn3c[n+](C)cn3)n2)c1. The van der Waals surface area contributed by atoms with E-state index in [9.17, 15) is 0 Å². The molecule has 0 fully saturated rings.